The van der Waals surface area contributed by atoms with Gasteiger partial charge in [-0.2, -0.15) is 0 Å². The zero-order valence-electron chi connectivity index (χ0n) is 12.8. The van der Waals surface area contributed by atoms with Crippen LogP contribution >= 0.6 is 0 Å². The van der Waals surface area contributed by atoms with Crippen LogP contribution in [0.15, 0.2) is 0 Å². The predicted molar refractivity (Wildman–Crippen MR) is 78.7 cm³/mol. The SMILES string of the molecule is CCCCCCCCCOCC(O)COCC(O)CO. The van der Waals surface area contributed by atoms with E-state index in [1.165, 1.54) is 38.5 Å². The molecule has 0 bridgehead atoms. The summed E-state index contributed by atoms with van der Waals surface area (Å²) in [5.74, 6) is 0. The predicted octanol–water partition coefficient (Wildman–Crippen LogP) is 1.48. The molecule has 122 valence electrons. The van der Waals surface area contributed by atoms with Gasteiger partial charge in [-0.05, 0) is 6.42 Å². The number of aliphatic hydroxyl groups is 3. The van der Waals surface area contributed by atoms with Crippen LogP contribution in [-0.2, 0) is 9.47 Å². The third-order valence-corrected chi connectivity index (χ3v) is 3.03. The van der Waals surface area contributed by atoms with E-state index in [4.69, 9.17) is 19.7 Å². The lowest BCUT2D eigenvalue weighted by atomic mass is 10.1. The monoisotopic (exact) mass is 292 g/mol. The van der Waals surface area contributed by atoms with Crippen LogP contribution in [0.3, 0.4) is 0 Å². The van der Waals surface area contributed by atoms with Crippen LogP contribution in [0.2, 0.25) is 0 Å². The second-order valence-electron chi connectivity index (χ2n) is 5.22. The molecule has 0 fully saturated rings. The molecule has 5 nitrogen and oxygen atoms in total. The molecule has 0 heterocycles. The van der Waals surface area contributed by atoms with Gasteiger partial charge in [0.15, 0.2) is 0 Å². The van der Waals surface area contributed by atoms with Crippen LogP contribution in [0.25, 0.3) is 0 Å². The van der Waals surface area contributed by atoms with Crippen molar-refractivity contribution in [1.82, 2.24) is 0 Å². The lowest BCUT2D eigenvalue weighted by Crippen LogP contribution is -2.26. The van der Waals surface area contributed by atoms with E-state index in [0.29, 0.717) is 6.61 Å². The quantitative estimate of drug-likeness (QED) is 0.398. The van der Waals surface area contributed by atoms with Crippen molar-refractivity contribution in [2.24, 2.45) is 0 Å². The molecule has 20 heavy (non-hydrogen) atoms. The van der Waals surface area contributed by atoms with Crippen molar-refractivity contribution in [3.05, 3.63) is 0 Å². The van der Waals surface area contributed by atoms with Gasteiger partial charge in [0, 0.05) is 6.61 Å². The standard InChI is InChI=1S/C15H32O5/c1-2-3-4-5-6-7-8-9-19-12-15(18)13-20-11-14(17)10-16/h14-18H,2-13H2,1H3. The third kappa shape index (κ3) is 14.2. The van der Waals surface area contributed by atoms with E-state index in [1.807, 2.05) is 0 Å². The second-order valence-corrected chi connectivity index (χ2v) is 5.22. The molecule has 2 unspecified atom stereocenters. The summed E-state index contributed by atoms with van der Waals surface area (Å²) < 4.78 is 10.4. The molecule has 0 saturated heterocycles. The van der Waals surface area contributed by atoms with Gasteiger partial charge in [-0.15, -0.1) is 0 Å². The highest BCUT2D eigenvalue weighted by molar-refractivity contribution is 4.54. The molecule has 0 spiro atoms. The smallest absolute Gasteiger partial charge is 0.101 e. The van der Waals surface area contributed by atoms with Gasteiger partial charge >= 0.3 is 0 Å². The Kier molecular flexibility index (Phi) is 15.0. The summed E-state index contributed by atoms with van der Waals surface area (Å²) in [6, 6.07) is 0. The van der Waals surface area contributed by atoms with E-state index in [2.05, 4.69) is 6.92 Å². The van der Waals surface area contributed by atoms with Crippen LogP contribution in [-0.4, -0.2) is 60.6 Å². The Balaban J connectivity index is 3.17. The molecule has 5 heteroatoms. The minimum absolute atomic E-state index is 0.0331. The molecule has 3 N–H and O–H groups in total. The van der Waals surface area contributed by atoms with Crippen molar-refractivity contribution in [3.8, 4) is 0 Å². The fraction of sp³-hybridized carbons (Fsp3) is 1.00. The number of hydrogen-bond acceptors (Lipinski definition) is 5. The zero-order valence-corrected chi connectivity index (χ0v) is 12.8. The van der Waals surface area contributed by atoms with E-state index >= 15 is 0 Å². The Bertz CT molecular complexity index is 189. The van der Waals surface area contributed by atoms with Crippen molar-refractivity contribution in [3.63, 3.8) is 0 Å². The molecule has 0 rings (SSSR count). The molecule has 0 aliphatic carbocycles. The summed E-state index contributed by atoms with van der Waals surface area (Å²) >= 11 is 0. The highest BCUT2D eigenvalue weighted by Crippen LogP contribution is 2.06. The second kappa shape index (κ2) is 15.2. The molecule has 0 aromatic heterocycles. The van der Waals surface area contributed by atoms with Crippen molar-refractivity contribution in [1.29, 1.82) is 0 Å². The van der Waals surface area contributed by atoms with Crippen molar-refractivity contribution < 1.29 is 24.8 Å². The van der Waals surface area contributed by atoms with Gasteiger partial charge < -0.3 is 24.8 Å². The third-order valence-electron chi connectivity index (χ3n) is 3.03. The maximum absolute atomic E-state index is 9.54. The fourth-order valence-corrected chi connectivity index (χ4v) is 1.82. The van der Waals surface area contributed by atoms with Crippen molar-refractivity contribution >= 4 is 0 Å². The molecule has 2 atom stereocenters. The topological polar surface area (TPSA) is 79.2 Å². The molecule has 0 aromatic rings. The first kappa shape index (κ1) is 19.8. The largest absolute Gasteiger partial charge is 0.394 e. The molecule has 0 amide bonds. The molecule has 0 aliphatic rings. The van der Waals surface area contributed by atoms with E-state index < -0.39 is 12.2 Å². The zero-order chi connectivity index (χ0) is 15.1. The summed E-state index contributed by atoms with van der Waals surface area (Å²) in [5, 5.41) is 27.1. The summed E-state index contributed by atoms with van der Waals surface area (Å²) in [7, 11) is 0. The summed E-state index contributed by atoms with van der Waals surface area (Å²) in [4.78, 5) is 0. The van der Waals surface area contributed by atoms with Gasteiger partial charge in [0.25, 0.3) is 0 Å². The Hall–Kier alpha value is -0.200. The number of ether oxygens (including phenoxy) is 2. The molecular formula is C15H32O5. The first-order valence-electron chi connectivity index (χ1n) is 7.83. The molecular weight excluding hydrogens is 260 g/mol. The fourth-order valence-electron chi connectivity index (χ4n) is 1.82. The van der Waals surface area contributed by atoms with Gasteiger partial charge in [0.05, 0.1) is 26.4 Å². The highest BCUT2D eigenvalue weighted by Gasteiger charge is 2.07. The van der Waals surface area contributed by atoms with E-state index in [1.54, 1.807) is 0 Å². The van der Waals surface area contributed by atoms with E-state index in [0.717, 1.165) is 6.42 Å². The first-order valence-corrected chi connectivity index (χ1v) is 7.83. The minimum Gasteiger partial charge on any atom is -0.394 e. The van der Waals surface area contributed by atoms with Gasteiger partial charge in [0.1, 0.15) is 12.2 Å². The van der Waals surface area contributed by atoms with Crippen LogP contribution in [0.4, 0.5) is 0 Å². The number of rotatable bonds is 15. The van der Waals surface area contributed by atoms with Gasteiger partial charge in [0.2, 0.25) is 0 Å². The van der Waals surface area contributed by atoms with E-state index in [9.17, 15) is 5.11 Å². The first-order chi connectivity index (χ1) is 9.70. The van der Waals surface area contributed by atoms with Gasteiger partial charge in [-0.25, -0.2) is 0 Å². The average molecular weight is 292 g/mol. The summed E-state index contributed by atoms with van der Waals surface area (Å²) in [6.07, 6.45) is 7.15. The normalized spacial score (nSPS) is 14.4. The Morgan fingerprint density at radius 2 is 1.30 bits per heavy atom. The summed E-state index contributed by atoms with van der Waals surface area (Å²) in [5.41, 5.74) is 0. The average Bonchev–Trinajstić information content (AvgIpc) is 2.45. The molecule has 0 saturated carbocycles. The van der Waals surface area contributed by atoms with Crippen molar-refractivity contribution in [2.45, 2.75) is 64.1 Å². The molecule has 0 aliphatic heterocycles. The van der Waals surface area contributed by atoms with Crippen LogP contribution in [0, 0.1) is 0 Å². The lowest BCUT2D eigenvalue weighted by molar-refractivity contribution is -0.0481. The molecule has 0 radical (unpaired) electrons. The molecule has 0 aromatic carbocycles. The number of aliphatic hydroxyl groups excluding tert-OH is 3. The lowest BCUT2D eigenvalue weighted by Gasteiger charge is -2.13. The summed E-state index contributed by atoms with van der Waals surface area (Å²) in [6.45, 7) is 2.97. The maximum atomic E-state index is 9.54. The van der Waals surface area contributed by atoms with Gasteiger partial charge in [-0.3, -0.25) is 0 Å². The number of hydrogen-bond donors (Lipinski definition) is 3. The Morgan fingerprint density at radius 1 is 0.750 bits per heavy atom. The van der Waals surface area contributed by atoms with Crippen molar-refractivity contribution in [2.75, 3.05) is 33.0 Å². The maximum Gasteiger partial charge on any atom is 0.101 e. The van der Waals surface area contributed by atoms with Gasteiger partial charge in [-0.1, -0.05) is 45.4 Å². The van der Waals surface area contributed by atoms with Crippen LogP contribution in [0.1, 0.15) is 51.9 Å². The van der Waals surface area contributed by atoms with E-state index in [-0.39, 0.29) is 26.4 Å². The Labute approximate surface area is 122 Å². The minimum atomic E-state index is -0.879. The number of unbranched alkanes of at least 4 members (excludes halogenated alkanes) is 6. The van der Waals surface area contributed by atoms with Crippen LogP contribution in [0.5, 0.6) is 0 Å². The van der Waals surface area contributed by atoms with Crippen LogP contribution < -0.4 is 0 Å². The highest BCUT2D eigenvalue weighted by atomic mass is 16.5. The Morgan fingerprint density at radius 3 is 1.95 bits per heavy atom.